The second kappa shape index (κ2) is 10.2. The van der Waals surface area contributed by atoms with Gasteiger partial charge in [-0.1, -0.05) is 60.3 Å². The molecule has 0 atom stereocenters. The third-order valence-corrected chi connectivity index (χ3v) is 4.56. The molecule has 6 heteroatoms. The summed E-state index contributed by atoms with van der Waals surface area (Å²) in [5, 5.41) is 0. The fraction of sp³-hybridized carbons (Fsp3) is 0.667. The number of ether oxygens (including phenoxy) is 1. The van der Waals surface area contributed by atoms with E-state index in [1.165, 1.54) is 0 Å². The van der Waals surface area contributed by atoms with Crippen LogP contribution in [0.15, 0.2) is 16.9 Å². The summed E-state index contributed by atoms with van der Waals surface area (Å²) >= 11 is 5.14. The molecule has 0 heterocycles. The molecule has 0 fully saturated rings. The zero-order valence-corrected chi connectivity index (χ0v) is 19.0. The summed E-state index contributed by atoms with van der Waals surface area (Å²) < 4.78 is 5.78. The van der Waals surface area contributed by atoms with E-state index in [-0.39, 0.29) is 22.0 Å². The number of nitrogens with two attached hydrogens (primary N) is 1. The molecule has 0 amide bonds. The Bertz CT molecular complexity index is 717. The average molecular weight is 397 g/mol. The fourth-order valence-electron chi connectivity index (χ4n) is 2.47. The third kappa shape index (κ3) is 7.64. The van der Waals surface area contributed by atoms with E-state index in [0.717, 1.165) is 11.3 Å². The molecule has 0 saturated heterocycles. The van der Waals surface area contributed by atoms with Crippen molar-refractivity contribution in [3.63, 3.8) is 0 Å². The molecule has 0 aliphatic rings. The zero-order valence-electron chi connectivity index (χ0n) is 18.2. The van der Waals surface area contributed by atoms with Gasteiger partial charge in [0.05, 0.1) is 18.9 Å². The molecule has 2 N–H and O–H groups in total. The molecule has 0 bridgehead atoms. The number of allylic oxidation sites excluding steroid dienone is 1. The van der Waals surface area contributed by atoms with Crippen LogP contribution in [0.1, 0.15) is 54.0 Å². The first-order chi connectivity index (χ1) is 12.2. The Hall–Kier alpha value is -1.37. The number of carbonyl (C=O) groups is 1. The van der Waals surface area contributed by atoms with Crippen LogP contribution >= 0.6 is 12.2 Å². The minimum Gasteiger partial charge on any atom is -0.378 e. The Labute approximate surface area is 169 Å². The summed E-state index contributed by atoms with van der Waals surface area (Å²) in [5.41, 5.74) is 7.56. The van der Waals surface area contributed by atoms with Gasteiger partial charge in [-0.05, 0) is 23.3 Å². The van der Waals surface area contributed by atoms with Crippen LogP contribution < -0.4 is 16.1 Å². The van der Waals surface area contributed by atoms with Gasteiger partial charge in [0.25, 0.3) is 0 Å². The van der Waals surface area contributed by atoms with Crippen molar-refractivity contribution in [3.05, 3.63) is 32.4 Å². The van der Waals surface area contributed by atoms with E-state index in [1.54, 1.807) is 6.92 Å². The van der Waals surface area contributed by atoms with Gasteiger partial charge in [0.2, 0.25) is 5.43 Å². The van der Waals surface area contributed by atoms with E-state index in [2.05, 4.69) is 6.58 Å². The lowest BCUT2D eigenvalue weighted by atomic mass is 9.82. The van der Waals surface area contributed by atoms with Gasteiger partial charge in [-0.2, -0.15) is 0 Å². The SMILES string of the molecule is C=C(C(C)=O)C(C)(C)C.CN(CCOCCN)c1c(C(C)(C)C)c(=O)c1=S. The minimum atomic E-state index is -0.166. The Balaban J connectivity index is 0.000000636. The first kappa shape index (κ1) is 25.6. The minimum absolute atomic E-state index is 0.0160. The molecule has 1 aromatic carbocycles. The molecule has 1 aromatic rings. The number of rotatable bonds is 7. The highest BCUT2D eigenvalue weighted by Crippen LogP contribution is 2.32. The van der Waals surface area contributed by atoms with Crippen molar-refractivity contribution in [1.29, 1.82) is 0 Å². The number of anilines is 1. The second-order valence-electron chi connectivity index (χ2n) is 8.74. The predicted molar refractivity (Wildman–Crippen MR) is 117 cm³/mol. The van der Waals surface area contributed by atoms with Gasteiger partial charge < -0.3 is 15.4 Å². The van der Waals surface area contributed by atoms with Crippen LogP contribution in [0.25, 0.3) is 0 Å². The molecule has 0 radical (unpaired) electrons. The highest BCUT2D eigenvalue weighted by Gasteiger charge is 2.29. The number of hydrogen-bond acceptors (Lipinski definition) is 6. The van der Waals surface area contributed by atoms with Crippen LogP contribution in [-0.2, 0) is 14.9 Å². The van der Waals surface area contributed by atoms with Gasteiger partial charge in [0.1, 0.15) is 4.51 Å². The van der Waals surface area contributed by atoms with Crippen molar-refractivity contribution >= 4 is 23.7 Å². The third-order valence-electron chi connectivity index (χ3n) is 4.18. The van der Waals surface area contributed by atoms with Crippen LogP contribution in [0.5, 0.6) is 0 Å². The highest BCUT2D eigenvalue weighted by molar-refractivity contribution is 7.71. The van der Waals surface area contributed by atoms with E-state index < -0.39 is 0 Å². The highest BCUT2D eigenvalue weighted by atomic mass is 32.1. The maximum absolute atomic E-state index is 11.8. The number of ketones is 1. The van der Waals surface area contributed by atoms with Gasteiger partial charge in [-0.25, -0.2) is 0 Å². The lowest BCUT2D eigenvalue weighted by Gasteiger charge is -2.30. The van der Waals surface area contributed by atoms with Crippen LogP contribution in [0.2, 0.25) is 0 Å². The van der Waals surface area contributed by atoms with Gasteiger partial charge in [-0.15, -0.1) is 0 Å². The Morgan fingerprint density at radius 2 is 1.70 bits per heavy atom. The molecule has 0 spiro atoms. The average Bonchev–Trinajstić information content (AvgIpc) is 2.53. The second-order valence-corrected chi connectivity index (χ2v) is 9.15. The number of Topliss-reactive ketones (excluding diaryl/α,β-unsaturated/α-hetero) is 1. The Kier molecular flexibility index (Phi) is 9.73. The molecule has 0 unspecified atom stereocenters. The van der Waals surface area contributed by atoms with Crippen molar-refractivity contribution < 1.29 is 9.53 Å². The van der Waals surface area contributed by atoms with Crippen molar-refractivity contribution in [1.82, 2.24) is 0 Å². The summed E-state index contributed by atoms with van der Waals surface area (Å²) in [6.45, 7) is 19.6. The van der Waals surface area contributed by atoms with Gasteiger partial charge in [-0.3, -0.25) is 9.59 Å². The quantitative estimate of drug-likeness (QED) is 0.432. The Morgan fingerprint density at radius 3 is 2.04 bits per heavy atom. The lowest BCUT2D eigenvalue weighted by molar-refractivity contribution is -0.114. The van der Waals surface area contributed by atoms with Gasteiger partial charge >= 0.3 is 0 Å². The Morgan fingerprint density at radius 1 is 1.19 bits per heavy atom. The standard InChI is InChI=1S/C13H22N2O2S.C8H14O/c1-13(2,3)9-10(12(18)11(9)16)15(4)6-8-17-7-5-14;1-6(7(2)9)8(3,4)5/h5-8,14H2,1-4H3;1H2,2-5H3. The molecule has 0 aliphatic carbocycles. The summed E-state index contributed by atoms with van der Waals surface area (Å²) in [6, 6.07) is 0. The van der Waals surface area contributed by atoms with E-state index in [4.69, 9.17) is 22.7 Å². The first-order valence-electron chi connectivity index (χ1n) is 9.19. The summed E-state index contributed by atoms with van der Waals surface area (Å²) in [4.78, 5) is 24.5. The van der Waals surface area contributed by atoms with Crippen molar-refractivity contribution in [2.75, 3.05) is 38.3 Å². The van der Waals surface area contributed by atoms with E-state index >= 15 is 0 Å². The predicted octanol–water partition coefficient (Wildman–Crippen LogP) is 3.54. The number of hydrogen-bond donors (Lipinski definition) is 1. The molecular weight excluding hydrogens is 360 g/mol. The summed E-state index contributed by atoms with van der Waals surface area (Å²) in [6.07, 6.45) is 0. The van der Waals surface area contributed by atoms with Crippen LogP contribution in [0.4, 0.5) is 5.69 Å². The van der Waals surface area contributed by atoms with Crippen LogP contribution in [-0.4, -0.2) is 39.1 Å². The van der Waals surface area contributed by atoms with Crippen LogP contribution in [0, 0.1) is 9.93 Å². The molecule has 5 nitrogen and oxygen atoms in total. The molecular formula is C21H36N2O3S. The molecule has 0 saturated carbocycles. The molecule has 0 aromatic heterocycles. The number of nitrogens with zero attached hydrogens (tertiary/aromatic N) is 1. The molecule has 0 aliphatic heterocycles. The molecule has 27 heavy (non-hydrogen) atoms. The lowest BCUT2D eigenvalue weighted by Crippen LogP contribution is -2.36. The van der Waals surface area contributed by atoms with E-state index in [0.29, 0.717) is 36.4 Å². The van der Waals surface area contributed by atoms with E-state index in [9.17, 15) is 9.59 Å². The van der Waals surface area contributed by atoms with Crippen molar-refractivity contribution in [2.45, 2.75) is 53.9 Å². The zero-order chi connectivity index (χ0) is 21.6. The fourth-order valence-corrected chi connectivity index (χ4v) is 2.83. The maximum Gasteiger partial charge on any atom is 0.204 e. The summed E-state index contributed by atoms with van der Waals surface area (Å²) in [5.74, 6) is 0.0856. The van der Waals surface area contributed by atoms with Gasteiger partial charge in [0.15, 0.2) is 5.78 Å². The monoisotopic (exact) mass is 396 g/mol. The van der Waals surface area contributed by atoms with E-state index in [1.807, 2.05) is 53.5 Å². The smallest absolute Gasteiger partial charge is 0.204 e. The summed E-state index contributed by atoms with van der Waals surface area (Å²) in [7, 11) is 1.94. The van der Waals surface area contributed by atoms with Crippen molar-refractivity contribution in [3.8, 4) is 0 Å². The van der Waals surface area contributed by atoms with Crippen LogP contribution in [0.3, 0.4) is 0 Å². The number of carbonyl (C=O) groups excluding carboxylic acids is 1. The normalized spacial score (nSPS) is 11.7. The van der Waals surface area contributed by atoms with Crippen molar-refractivity contribution in [2.24, 2.45) is 11.1 Å². The first-order valence-corrected chi connectivity index (χ1v) is 9.60. The maximum atomic E-state index is 11.8. The number of likely N-dealkylation sites (N-methyl/N-ethyl adjacent to an activating group) is 1. The molecule has 1 rings (SSSR count). The topological polar surface area (TPSA) is 72.6 Å². The molecule has 154 valence electrons. The largest absolute Gasteiger partial charge is 0.378 e. The van der Waals surface area contributed by atoms with Gasteiger partial charge in [0, 0.05) is 25.7 Å².